The third-order valence-electron chi connectivity index (χ3n) is 6.79. The highest BCUT2D eigenvalue weighted by molar-refractivity contribution is 6.00. The zero-order valence-corrected chi connectivity index (χ0v) is 20.6. The van der Waals surface area contributed by atoms with E-state index < -0.39 is 11.1 Å². The van der Waals surface area contributed by atoms with Gasteiger partial charge in [0.1, 0.15) is 17.1 Å². The van der Waals surface area contributed by atoms with Gasteiger partial charge in [-0.15, -0.1) is 0 Å². The summed E-state index contributed by atoms with van der Waals surface area (Å²) in [5.74, 6) is 1.38. The maximum atomic E-state index is 13.4. The Bertz CT molecular complexity index is 1220. The van der Waals surface area contributed by atoms with E-state index >= 15 is 0 Å². The Morgan fingerprint density at radius 3 is 2.66 bits per heavy atom. The molecule has 35 heavy (non-hydrogen) atoms. The standard InChI is InChI=1S/C27H32N4O4/c1-26(2)15-23(32)31(25(28)30-26)20-11-12-34-21-10-9-16(13-18(20)21)24(33)29-19-14-27(3,4)35-22-8-6-5-7-17(19)22/h5-10,13,19-20H,11-12,14-15H2,1-4H3,(H2,28,30)(H,29,33)/t19-,20+/m0/s1. The summed E-state index contributed by atoms with van der Waals surface area (Å²) in [7, 11) is 0. The molecule has 3 N–H and O–H groups in total. The number of amides is 2. The normalized spacial score (nSPS) is 24.3. The lowest BCUT2D eigenvalue weighted by Gasteiger charge is -2.40. The average molecular weight is 477 g/mol. The number of guanidine groups is 1. The lowest BCUT2D eigenvalue weighted by atomic mass is 9.89. The summed E-state index contributed by atoms with van der Waals surface area (Å²) < 4.78 is 11.9. The number of rotatable bonds is 3. The van der Waals surface area contributed by atoms with Crippen molar-refractivity contribution in [2.75, 3.05) is 6.61 Å². The van der Waals surface area contributed by atoms with E-state index in [1.54, 1.807) is 17.0 Å². The van der Waals surface area contributed by atoms with Crippen LogP contribution in [-0.4, -0.2) is 40.4 Å². The van der Waals surface area contributed by atoms with Crippen LogP contribution >= 0.6 is 0 Å². The molecule has 2 aromatic rings. The molecule has 0 unspecified atom stereocenters. The first-order chi connectivity index (χ1) is 16.5. The Labute approximate surface area is 205 Å². The fraction of sp³-hybridized carbons (Fsp3) is 0.444. The van der Waals surface area contributed by atoms with Gasteiger partial charge in [-0.3, -0.25) is 14.5 Å². The summed E-state index contributed by atoms with van der Waals surface area (Å²) >= 11 is 0. The van der Waals surface area contributed by atoms with Crippen molar-refractivity contribution in [3.05, 3.63) is 59.2 Å². The minimum absolute atomic E-state index is 0.0729. The zero-order valence-electron chi connectivity index (χ0n) is 20.6. The fourth-order valence-electron chi connectivity index (χ4n) is 5.28. The minimum Gasteiger partial charge on any atom is -0.493 e. The van der Waals surface area contributed by atoms with Crippen molar-refractivity contribution in [2.24, 2.45) is 10.7 Å². The monoisotopic (exact) mass is 476 g/mol. The molecule has 8 nitrogen and oxygen atoms in total. The summed E-state index contributed by atoms with van der Waals surface area (Å²) in [6.45, 7) is 8.28. The second-order valence-corrected chi connectivity index (χ2v) is 10.8. The molecule has 0 saturated carbocycles. The molecule has 3 heterocycles. The molecule has 3 aliphatic rings. The van der Waals surface area contributed by atoms with E-state index in [1.807, 2.05) is 58.0 Å². The van der Waals surface area contributed by atoms with Crippen LogP contribution in [0.4, 0.5) is 0 Å². The number of hydrogen-bond acceptors (Lipinski definition) is 6. The maximum absolute atomic E-state index is 13.4. The van der Waals surface area contributed by atoms with Crippen LogP contribution in [0.1, 0.15) is 80.5 Å². The average Bonchev–Trinajstić information content (AvgIpc) is 2.77. The number of nitrogens with zero attached hydrogens (tertiary/aromatic N) is 2. The van der Waals surface area contributed by atoms with Crippen LogP contribution in [0.5, 0.6) is 11.5 Å². The molecule has 0 radical (unpaired) electrons. The molecule has 2 atom stereocenters. The Morgan fingerprint density at radius 2 is 1.89 bits per heavy atom. The predicted molar refractivity (Wildman–Crippen MR) is 132 cm³/mol. The quantitative estimate of drug-likeness (QED) is 0.700. The van der Waals surface area contributed by atoms with Crippen LogP contribution < -0.4 is 20.5 Å². The summed E-state index contributed by atoms with van der Waals surface area (Å²) in [5.41, 5.74) is 7.55. The van der Waals surface area contributed by atoms with Crippen LogP contribution in [0.15, 0.2) is 47.5 Å². The van der Waals surface area contributed by atoms with Crippen molar-refractivity contribution >= 4 is 17.8 Å². The van der Waals surface area contributed by atoms with E-state index in [1.165, 1.54) is 0 Å². The summed E-state index contributed by atoms with van der Waals surface area (Å²) in [6.07, 6.45) is 1.50. The van der Waals surface area contributed by atoms with Crippen molar-refractivity contribution in [1.29, 1.82) is 0 Å². The molecular formula is C27H32N4O4. The fourth-order valence-corrected chi connectivity index (χ4v) is 5.28. The molecular weight excluding hydrogens is 444 g/mol. The first kappa shape index (κ1) is 23.2. The van der Waals surface area contributed by atoms with Crippen LogP contribution in [0.25, 0.3) is 0 Å². The molecule has 0 fully saturated rings. The minimum atomic E-state index is -0.527. The number of ether oxygens (including phenoxy) is 2. The van der Waals surface area contributed by atoms with Crippen LogP contribution in [0.2, 0.25) is 0 Å². The molecule has 0 aromatic heterocycles. The van der Waals surface area contributed by atoms with E-state index in [-0.39, 0.29) is 36.3 Å². The molecule has 5 rings (SSSR count). The largest absolute Gasteiger partial charge is 0.493 e. The van der Waals surface area contributed by atoms with Crippen LogP contribution in [-0.2, 0) is 4.79 Å². The number of para-hydroxylation sites is 1. The highest BCUT2D eigenvalue weighted by Crippen LogP contribution is 2.41. The van der Waals surface area contributed by atoms with Gasteiger partial charge < -0.3 is 20.5 Å². The predicted octanol–water partition coefficient (Wildman–Crippen LogP) is 3.87. The number of nitrogens with one attached hydrogen (secondary N) is 1. The van der Waals surface area contributed by atoms with Gasteiger partial charge in [0, 0.05) is 29.5 Å². The Morgan fingerprint density at radius 1 is 1.11 bits per heavy atom. The molecule has 184 valence electrons. The zero-order chi connectivity index (χ0) is 25.0. The number of carbonyl (C=O) groups excluding carboxylic acids is 2. The number of hydrogen-bond donors (Lipinski definition) is 2. The van der Waals surface area contributed by atoms with E-state index in [9.17, 15) is 9.59 Å². The summed E-state index contributed by atoms with van der Waals surface area (Å²) in [6, 6.07) is 12.6. The van der Waals surface area contributed by atoms with Crippen molar-refractivity contribution in [1.82, 2.24) is 10.2 Å². The first-order valence-electron chi connectivity index (χ1n) is 12.1. The highest BCUT2D eigenvalue weighted by atomic mass is 16.5. The van der Waals surface area contributed by atoms with Gasteiger partial charge in [0.2, 0.25) is 5.91 Å². The van der Waals surface area contributed by atoms with Gasteiger partial charge >= 0.3 is 0 Å². The van der Waals surface area contributed by atoms with Gasteiger partial charge in [0.25, 0.3) is 5.91 Å². The number of aliphatic imine (C=N–C) groups is 1. The van der Waals surface area contributed by atoms with Gasteiger partial charge in [0.05, 0.1) is 30.7 Å². The molecule has 0 spiro atoms. The molecule has 0 aliphatic carbocycles. The van der Waals surface area contributed by atoms with Gasteiger partial charge in [-0.2, -0.15) is 0 Å². The van der Waals surface area contributed by atoms with Crippen LogP contribution in [0.3, 0.4) is 0 Å². The maximum Gasteiger partial charge on any atom is 0.251 e. The lowest BCUT2D eigenvalue weighted by Crippen LogP contribution is -2.52. The Hall–Kier alpha value is -3.55. The lowest BCUT2D eigenvalue weighted by molar-refractivity contribution is -0.131. The number of nitrogens with two attached hydrogens (primary N) is 1. The van der Waals surface area contributed by atoms with Crippen molar-refractivity contribution in [3.63, 3.8) is 0 Å². The summed E-state index contributed by atoms with van der Waals surface area (Å²) in [5, 5.41) is 3.19. The molecule has 0 bridgehead atoms. The number of benzene rings is 2. The molecule has 3 aliphatic heterocycles. The molecule has 2 amide bonds. The second-order valence-electron chi connectivity index (χ2n) is 10.8. The third kappa shape index (κ3) is 4.45. The van der Waals surface area contributed by atoms with E-state index in [0.717, 1.165) is 16.9 Å². The Kier molecular flexibility index (Phi) is 5.49. The second kappa shape index (κ2) is 8.29. The number of fused-ring (bicyclic) bond motifs is 2. The topological polar surface area (TPSA) is 106 Å². The van der Waals surface area contributed by atoms with E-state index in [2.05, 4.69) is 10.3 Å². The van der Waals surface area contributed by atoms with Gasteiger partial charge in [-0.25, -0.2) is 4.99 Å². The van der Waals surface area contributed by atoms with E-state index in [4.69, 9.17) is 15.2 Å². The third-order valence-corrected chi connectivity index (χ3v) is 6.79. The molecule has 2 aromatic carbocycles. The Balaban J connectivity index is 1.44. The number of carbonyl (C=O) groups is 2. The van der Waals surface area contributed by atoms with Crippen molar-refractivity contribution in [2.45, 2.75) is 70.2 Å². The summed E-state index contributed by atoms with van der Waals surface area (Å²) in [4.78, 5) is 32.5. The van der Waals surface area contributed by atoms with Crippen LogP contribution in [0, 0.1) is 0 Å². The van der Waals surface area contributed by atoms with Crippen molar-refractivity contribution < 1.29 is 19.1 Å². The van der Waals surface area contributed by atoms with Crippen molar-refractivity contribution in [3.8, 4) is 11.5 Å². The molecule has 8 heteroatoms. The van der Waals surface area contributed by atoms with Gasteiger partial charge in [-0.05, 0) is 52.0 Å². The van der Waals surface area contributed by atoms with Gasteiger partial charge in [0.15, 0.2) is 5.96 Å². The highest BCUT2D eigenvalue weighted by Gasteiger charge is 2.39. The smallest absolute Gasteiger partial charge is 0.251 e. The van der Waals surface area contributed by atoms with E-state index in [0.29, 0.717) is 30.8 Å². The first-order valence-corrected chi connectivity index (χ1v) is 12.1. The van der Waals surface area contributed by atoms with Gasteiger partial charge in [-0.1, -0.05) is 18.2 Å². The SMILES string of the molecule is CC1(C)CC(=O)N([C@@H]2CCOc3ccc(C(=O)N[C@H]4CC(C)(C)Oc5ccccc54)cc32)C(N)=N1. The molecule has 0 saturated heterocycles.